The number of rotatable bonds is 10. The molecular weight excluding hydrogens is 496 g/mol. The van der Waals surface area contributed by atoms with Crippen LogP contribution < -0.4 is 0 Å². The number of carbonyl (C=O) groups excluding carboxylic acids is 2. The van der Waals surface area contributed by atoms with Crippen LogP contribution >= 0.6 is 11.6 Å². The van der Waals surface area contributed by atoms with Crippen LogP contribution in [0.25, 0.3) is 0 Å². The van der Waals surface area contributed by atoms with Crippen molar-refractivity contribution in [2.45, 2.75) is 52.5 Å². The fourth-order valence-corrected chi connectivity index (χ4v) is 5.46. The van der Waals surface area contributed by atoms with Gasteiger partial charge in [0.25, 0.3) is 0 Å². The van der Waals surface area contributed by atoms with Crippen molar-refractivity contribution in [3.8, 4) is 0 Å². The van der Waals surface area contributed by atoms with Gasteiger partial charge in [-0.25, -0.2) is 4.98 Å². The molecule has 7 heteroatoms. The monoisotopic (exact) mass is 534 g/mol. The van der Waals surface area contributed by atoms with Gasteiger partial charge in [0.1, 0.15) is 5.82 Å². The van der Waals surface area contributed by atoms with E-state index in [4.69, 9.17) is 11.6 Å². The van der Waals surface area contributed by atoms with Crippen molar-refractivity contribution >= 4 is 23.4 Å². The SMILES string of the molecule is CC(C)CC(=O)N1CCC(Cc2ccccc2)(C(=O)N(CCc2ccc(Cl)cc2)Cc2nccn2C)CC1. The second-order valence-corrected chi connectivity index (χ2v) is 11.4. The van der Waals surface area contributed by atoms with Crippen molar-refractivity contribution in [3.63, 3.8) is 0 Å². The predicted octanol–water partition coefficient (Wildman–Crippen LogP) is 5.54. The van der Waals surface area contributed by atoms with Gasteiger partial charge in [-0.05, 0) is 54.9 Å². The number of benzene rings is 2. The summed E-state index contributed by atoms with van der Waals surface area (Å²) in [5.41, 5.74) is 1.72. The Kier molecular flexibility index (Phi) is 9.26. The Balaban J connectivity index is 1.60. The zero-order valence-electron chi connectivity index (χ0n) is 22.8. The normalized spacial score (nSPS) is 15.0. The molecule has 0 radical (unpaired) electrons. The molecule has 38 heavy (non-hydrogen) atoms. The van der Waals surface area contributed by atoms with Gasteiger partial charge in [-0.3, -0.25) is 9.59 Å². The van der Waals surface area contributed by atoms with E-state index in [-0.39, 0.29) is 11.8 Å². The first-order chi connectivity index (χ1) is 18.3. The Labute approximate surface area is 231 Å². The Morgan fingerprint density at radius 3 is 2.32 bits per heavy atom. The largest absolute Gasteiger partial charge is 0.343 e. The van der Waals surface area contributed by atoms with E-state index in [1.807, 2.05) is 70.1 Å². The summed E-state index contributed by atoms with van der Waals surface area (Å²) >= 11 is 6.09. The molecule has 202 valence electrons. The number of hydrogen-bond donors (Lipinski definition) is 0. The highest BCUT2D eigenvalue weighted by Crippen LogP contribution is 2.38. The molecule has 0 atom stereocenters. The van der Waals surface area contributed by atoms with Crippen molar-refractivity contribution < 1.29 is 9.59 Å². The smallest absolute Gasteiger partial charge is 0.229 e. The summed E-state index contributed by atoms with van der Waals surface area (Å²) < 4.78 is 1.97. The fourth-order valence-electron chi connectivity index (χ4n) is 5.34. The molecule has 0 spiro atoms. The van der Waals surface area contributed by atoms with Crippen molar-refractivity contribution in [2.24, 2.45) is 18.4 Å². The molecule has 2 amide bonds. The van der Waals surface area contributed by atoms with Crippen LogP contribution in [-0.2, 0) is 36.0 Å². The summed E-state index contributed by atoms with van der Waals surface area (Å²) in [6.45, 7) is 6.39. The third kappa shape index (κ3) is 7.04. The van der Waals surface area contributed by atoms with Gasteiger partial charge in [-0.15, -0.1) is 0 Å². The third-order valence-corrected chi connectivity index (χ3v) is 7.87. The maximum Gasteiger partial charge on any atom is 0.229 e. The number of nitrogens with zero attached hydrogens (tertiary/aromatic N) is 4. The standard InChI is InChI=1S/C31H39ClN4O2/c1-24(2)21-29(37)35-18-14-31(15-19-35,22-26-7-5-4-6-8-26)30(38)36(23-28-33-16-20-34(28)3)17-13-25-9-11-27(32)12-10-25/h4-12,16,20,24H,13-15,17-19,21-23H2,1-3H3. The first-order valence-electron chi connectivity index (χ1n) is 13.6. The molecule has 2 heterocycles. The van der Waals surface area contributed by atoms with Crippen molar-refractivity contribution in [2.75, 3.05) is 19.6 Å². The van der Waals surface area contributed by atoms with E-state index in [0.717, 1.165) is 23.4 Å². The molecule has 6 nitrogen and oxygen atoms in total. The van der Waals surface area contributed by atoms with Crippen molar-refractivity contribution in [1.29, 1.82) is 0 Å². The molecule has 1 saturated heterocycles. The summed E-state index contributed by atoms with van der Waals surface area (Å²) in [5.74, 6) is 1.51. The van der Waals surface area contributed by atoms with Gasteiger partial charge in [-0.2, -0.15) is 0 Å². The lowest BCUT2D eigenvalue weighted by Gasteiger charge is -2.43. The zero-order chi connectivity index (χ0) is 27.1. The van der Waals surface area contributed by atoms with Gasteiger partial charge >= 0.3 is 0 Å². The maximum absolute atomic E-state index is 14.6. The average Bonchev–Trinajstić information content (AvgIpc) is 3.31. The van der Waals surface area contributed by atoms with E-state index in [1.54, 1.807) is 6.20 Å². The van der Waals surface area contributed by atoms with Crippen LogP contribution in [-0.4, -0.2) is 50.8 Å². The summed E-state index contributed by atoms with van der Waals surface area (Å²) in [6.07, 6.45) is 6.94. The highest BCUT2D eigenvalue weighted by molar-refractivity contribution is 6.30. The van der Waals surface area contributed by atoms with Crippen LogP contribution in [0.2, 0.25) is 5.02 Å². The summed E-state index contributed by atoms with van der Waals surface area (Å²) in [7, 11) is 1.96. The van der Waals surface area contributed by atoms with Crippen LogP contribution in [0, 0.1) is 11.3 Å². The van der Waals surface area contributed by atoms with Gasteiger partial charge in [0, 0.05) is 50.5 Å². The molecule has 3 aromatic rings. The van der Waals surface area contributed by atoms with Crippen LogP contribution in [0.4, 0.5) is 0 Å². The van der Waals surface area contributed by atoms with Gasteiger partial charge < -0.3 is 14.4 Å². The van der Waals surface area contributed by atoms with Gasteiger partial charge in [0.15, 0.2) is 0 Å². The molecule has 0 aliphatic carbocycles. The van der Waals surface area contributed by atoms with E-state index >= 15 is 0 Å². The number of piperidine rings is 1. The van der Waals surface area contributed by atoms with E-state index < -0.39 is 5.41 Å². The summed E-state index contributed by atoms with van der Waals surface area (Å²) in [5, 5.41) is 0.704. The molecule has 2 aromatic carbocycles. The molecule has 0 unspecified atom stereocenters. The lowest BCUT2D eigenvalue weighted by molar-refractivity contribution is -0.149. The van der Waals surface area contributed by atoms with Crippen LogP contribution in [0.15, 0.2) is 67.0 Å². The lowest BCUT2D eigenvalue weighted by Crippen LogP contribution is -2.52. The molecule has 1 aliphatic rings. The molecule has 1 aliphatic heterocycles. The number of aromatic nitrogens is 2. The Morgan fingerprint density at radius 2 is 1.71 bits per heavy atom. The number of halogens is 1. The highest BCUT2D eigenvalue weighted by atomic mass is 35.5. The first kappa shape index (κ1) is 27.9. The minimum absolute atomic E-state index is 0.147. The summed E-state index contributed by atoms with van der Waals surface area (Å²) in [4.78, 5) is 35.8. The number of amides is 2. The molecule has 1 fully saturated rings. The van der Waals surface area contributed by atoms with Gasteiger partial charge in [-0.1, -0.05) is 67.9 Å². The number of hydrogen-bond acceptors (Lipinski definition) is 3. The van der Waals surface area contributed by atoms with Crippen molar-refractivity contribution in [1.82, 2.24) is 19.4 Å². The minimum atomic E-state index is -0.568. The summed E-state index contributed by atoms with van der Waals surface area (Å²) in [6, 6.07) is 18.1. The van der Waals surface area contributed by atoms with Crippen LogP contribution in [0.1, 0.15) is 50.1 Å². The number of carbonyl (C=O) groups is 2. The van der Waals surface area contributed by atoms with E-state index in [0.29, 0.717) is 62.8 Å². The third-order valence-electron chi connectivity index (χ3n) is 7.62. The van der Waals surface area contributed by atoms with Gasteiger partial charge in [0.2, 0.25) is 11.8 Å². The molecule has 1 aromatic heterocycles. The molecular formula is C31H39ClN4O2. The fraction of sp³-hybridized carbons (Fsp3) is 0.452. The van der Waals surface area contributed by atoms with E-state index in [2.05, 4.69) is 31.0 Å². The molecule has 0 N–H and O–H groups in total. The van der Waals surface area contributed by atoms with Crippen LogP contribution in [0.3, 0.4) is 0 Å². The first-order valence-corrected chi connectivity index (χ1v) is 14.0. The van der Waals surface area contributed by atoms with E-state index in [9.17, 15) is 9.59 Å². The van der Waals surface area contributed by atoms with Gasteiger partial charge in [0.05, 0.1) is 12.0 Å². The Bertz CT molecular complexity index is 1200. The highest BCUT2D eigenvalue weighted by Gasteiger charge is 2.44. The Hall–Kier alpha value is -3.12. The van der Waals surface area contributed by atoms with Crippen LogP contribution in [0.5, 0.6) is 0 Å². The zero-order valence-corrected chi connectivity index (χ0v) is 23.5. The second-order valence-electron chi connectivity index (χ2n) is 11.0. The second kappa shape index (κ2) is 12.6. The molecule has 0 bridgehead atoms. The van der Waals surface area contributed by atoms with Crippen molar-refractivity contribution in [3.05, 3.63) is 89.0 Å². The molecule has 4 rings (SSSR count). The lowest BCUT2D eigenvalue weighted by atomic mass is 9.72. The maximum atomic E-state index is 14.6. The van der Waals surface area contributed by atoms with E-state index in [1.165, 1.54) is 0 Å². The molecule has 0 saturated carbocycles. The average molecular weight is 535 g/mol. The Morgan fingerprint density at radius 1 is 1.03 bits per heavy atom. The number of imidazole rings is 1. The predicted molar refractivity (Wildman–Crippen MR) is 152 cm³/mol. The number of aryl methyl sites for hydroxylation is 1. The quantitative estimate of drug-likeness (QED) is 0.343. The number of likely N-dealkylation sites (tertiary alicyclic amines) is 1. The topological polar surface area (TPSA) is 58.4 Å². The minimum Gasteiger partial charge on any atom is -0.343 e.